The van der Waals surface area contributed by atoms with E-state index in [1.54, 1.807) is 19.1 Å². The molecular weight excluding hydrogens is 290 g/mol. The van der Waals surface area contributed by atoms with Crippen LogP contribution in [0.25, 0.3) is 11.0 Å². The molecule has 4 heteroatoms. The molecule has 4 nitrogen and oxygen atoms in total. The van der Waals surface area contributed by atoms with Gasteiger partial charge in [0.1, 0.15) is 11.3 Å². The van der Waals surface area contributed by atoms with Gasteiger partial charge in [-0.1, -0.05) is 32.1 Å². The highest BCUT2D eigenvalue weighted by Gasteiger charge is 2.14. The van der Waals surface area contributed by atoms with Crippen LogP contribution in [-0.2, 0) is 6.54 Å². The Morgan fingerprint density at radius 2 is 1.87 bits per heavy atom. The van der Waals surface area contributed by atoms with E-state index in [0.29, 0.717) is 23.7 Å². The van der Waals surface area contributed by atoms with E-state index in [1.165, 1.54) is 44.9 Å². The SMILES string of the molecule is Cc1c(O)ccc2c(CNC3CCCCCCC3)cc(=O)oc12. The highest BCUT2D eigenvalue weighted by atomic mass is 16.4. The first kappa shape index (κ1) is 16.1. The van der Waals surface area contributed by atoms with Crippen molar-refractivity contribution >= 4 is 11.0 Å². The maximum atomic E-state index is 11.8. The van der Waals surface area contributed by atoms with E-state index in [-0.39, 0.29) is 11.4 Å². The molecule has 1 heterocycles. The molecule has 0 bridgehead atoms. The predicted octanol–water partition coefficient (Wildman–Crippen LogP) is 4.01. The average molecular weight is 315 g/mol. The number of nitrogens with one attached hydrogen (secondary N) is 1. The van der Waals surface area contributed by atoms with Crippen molar-refractivity contribution in [2.45, 2.75) is 64.5 Å². The summed E-state index contributed by atoms with van der Waals surface area (Å²) in [5, 5.41) is 14.3. The summed E-state index contributed by atoms with van der Waals surface area (Å²) in [4.78, 5) is 11.8. The van der Waals surface area contributed by atoms with Crippen LogP contribution in [0.4, 0.5) is 0 Å². The van der Waals surface area contributed by atoms with Crippen molar-refractivity contribution in [3.63, 3.8) is 0 Å². The number of hydrogen-bond acceptors (Lipinski definition) is 4. The van der Waals surface area contributed by atoms with Crippen molar-refractivity contribution in [3.8, 4) is 5.75 Å². The molecule has 1 aliphatic rings. The summed E-state index contributed by atoms with van der Waals surface area (Å²) in [6, 6.07) is 5.58. The van der Waals surface area contributed by atoms with Gasteiger partial charge in [0.25, 0.3) is 0 Å². The van der Waals surface area contributed by atoms with Gasteiger partial charge in [0.05, 0.1) is 0 Å². The van der Waals surface area contributed by atoms with Crippen LogP contribution in [0.5, 0.6) is 5.75 Å². The van der Waals surface area contributed by atoms with Crippen LogP contribution in [0.1, 0.15) is 56.1 Å². The predicted molar refractivity (Wildman–Crippen MR) is 91.8 cm³/mol. The highest BCUT2D eigenvalue weighted by molar-refractivity contribution is 5.84. The molecule has 0 radical (unpaired) electrons. The van der Waals surface area contributed by atoms with E-state index in [0.717, 1.165) is 10.9 Å². The van der Waals surface area contributed by atoms with Gasteiger partial charge in [-0.2, -0.15) is 0 Å². The quantitative estimate of drug-likeness (QED) is 0.840. The zero-order chi connectivity index (χ0) is 16.2. The molecule has 3 rings (SSSR count). The standard InChI is InChI=1S/C19H25NO3/c1-13-17(21)10-9-16-14(11-18(22)23-19(13)16)12-20-15-7-5-3-2-4-6-8-15/h9-11,15,20-21H,2-8,12H2,1H3. The van der Waals surface area contributed by atoms with Crippen LogP contribution in [0.15, 0.2) is 27.4 Å². The van der Waals surface area contributed by atoms with Crippen LogP contribution in [0, 0.1) is 6.92 Å². The Bertz CT molecular complexity index is 727. The van der Waals surface area contributed by atoms with Crippen LogP contribution in [0.3, 0.4) is 0 Å². The number of aromatic hydroxyl groups is 1. The third kappa shape index (κ3) is 3.75. The molecule has 0 atom stereocenters. The molecule has 0 spiro atoms. The summed E-state index contributed by atoms with van der Waals surface area (Å²) < 4.78 is 5.30. The van der Waals surface area contributed by atoms with Gasteiger partial charge in [-0.25, -0.2) is 4.79 Å². The van der Waals surface area contributed by atoms with Gasteiger partial charge in [-0.15, -0.1) is 0 Å². The average Bonchev–Trinajstić information content (AvgIpc) is 2.50. The number of hydrogen-bond donors (Lipinski definition) is 2. The lowest BCUT2D eigenvalue weighted by molar-refractivity contribution is 0.389. The highest BCUT2D eigenvalue weighted by Crippen LogP contribution is 2.27. The first-order valence-corrected chi connectivity index (χ1v) is 8.64. The number of rotatable bonds is 3. The Balaban J connectivity index is 1.82. The van der Waals surface area contributed by atoms with E-state index in [9.17, 15) is 9.90 Å². The lowest BCUT2D eigenvalue weighted by Crippen LogP contribution is -2.29. The minimum Gasteiger partial charge on any atom is -0.508 e. The second-order valence-corrected chi connectivity index (χ2v) is 6.60. The zero-order valence-electron chi connectivity index (χ0n) is 13.7. The fourth-order valence-corrected chi connectivity index (χ4v) is 3.48. The molecule has 1 aromatic heterocycles. The number of fused-ring (bicyclic) bond motifs is 1. The number of benzene rings is 1. The first-order valence-electron chi connectivity index (χ1n) is 8.64. The number of phenolic OH excluding ortho intramolecular Hbond substituents is 1. The molecule has 2 aromatic rings. The Labute approximate surface area is 136 Å². The summed E-state index contributed by atoms with van der Waals surface area (Å²) in [5.74, 6) is 0.158. The topological polar surface area (TPSA) is 62.5 Å². The van der Waals surface area contributed by atoms with Crippen molar-refractivity contribution in [1.29, 1.82) is 0 Å². The van der Waals surface area contributed by atoms with E-state index in [1.807, 2.05) is 6.07 Å². The Hall–Kier alpha value is -1.81. The molecule has 0 aliphatic heterocycles. The molecular formula is C19H25NO3. The second kappa shape index (κ2) is 7.18. The Morgan fingerprint density at radius 3 is 2.61 bits per heavy atom. The summed E-state index contributed by atoms with van der Waals surface area (Å²) >= 11 is 0. The molecule has 23 heavy (non-hydrogen) atoms. The molecule has 0 saturated heterocycles. The maximum Gasteiger partial charge on any atom is 0.336 e. The monoisotopic (exact) mass is 315 g/mol. The van der Waals surface area contributed by atoms with E-state index >= 15 is 0 Å². The smallest absolute Gasteiger partial charge is 0.336 e. The van der Waals surface area contributed by atoms with Crippen LogP contribution in [-0.4, -0.2) is 11.1 Å². The molecule has 1 fully saturated rings. The molecule has 1 saturated carbocycles. The normalized spacial score (nSPS) is 17.1. The Kier molecular flexibility index (Phi) is 5.01. The van der Waals surface area contributed by atoms with Crippen LogP contribution < -0.4 is 10.9 Å². The van der Waals surface area contributed by atoms with E-state index in [2.05, 4.69) is 5.32 Å². The minimum absolute atomic E-state index is 0.158. The Morgan fingerprint density at radius 1 is 1.17 bits per heavy atom. The zero-order valence-corrected chi connectivity index (χ0v) is 13.7. The van der Waals surface area contributed by atoms with Crippen molar-refractivity contribution in [3.05, 3.63) is 39.7 Å². The lowest BCUT2D eigenvalue weighted by Gasteiger charge is -2.21. The van der Waals surface area contributed by atoms with Gasteiger partial charge < -0.3 is 14.8 Å². The van der Waals surface area contributed by atoms with Crippen LogP contribution in [0.2, 0.25) is 0 Å². The molecule has 1 aliphatic carbocycles. The van der Waals surface area contributed by atoms with Gasteiger partial charge in [-0.3, -0.25) is 0 Å². The summed E-state index contributed by atoms with van der Waals surface area (Å²) in [6.45, 7) is 2.43. The molecule has 124 valence electrons. The first-order chi connectivity index (χ1) is 11.1. The van der Waals surface area contributed by atoms with Crippen molar-refractivity contribution < 1.29 is 9.52 Å². The third-order valence-electron chi connectivity index (χ3n) is 4.90. The van der Waals surface area contributed by atoms with E-state index in [4.69, 9.17) is 4.42 Å². The number of phenols is 1. The maximum absolute atomic E-state index is 11.8. The third-order valence-corrected chi connectivity index (χ3v) is 4.90. The molecule has 0 amide bonds. The van der Waals surface area contributed by atoms with Crippen molar-refractivity contribution in [2.24, 2.45) is 0 Å². The largest absolute Gasteiger partial charge is 0.508 e. The van der Waals surface area contributed by atoms with Gasteiger partial charge >= 0.3 is 5.63 Å². The summed E-state index contributed by atoms with van der Waals surface area (Å²) in [5.41, 5.74) is 1.70. The molecule has 2 N–H and O–H groups in total. The summed E-state index contributed by atoms with van der Waals surface area (Å²) in [6.07, 6.45) is 8.99. The van der Waals surface area contributed by atoms with Gasteiger partial charge in [0.15, 0.2) is 0 Å². The lowest BCUT2D eigenvalue weighted by atomic mass is 9.96. The van der Waals surface area contributed by atoms with Crippen molar-refractivity contribution in [2.75, 3.05) is 0 Å². The van der Waals surface area contributed by atoms with Crippen molar-refractivity contribution in [1.82, 2.24) is 5.32 Å². The number of aryl methyl sites for hydroxylation is 1. The van der Waals surface area contributed by atoms with Gasteiger partial charge in [-0.05, 0) is 37.5 Å². The fourth-order valence-electron chi connectivity index (χ4n) is 3.48. The molecule has 1 aromatic carbocycles. The summed E-state index contributed by atoms with van der Waals surface area (Å²) in [7, 11) is 0. The minimum atomic E-state index is -0.360. The van der Waals surface area contributed by atoms with Gasteiger partial charge in [0, 0.05) is 29.6 Å². The second-order valence-electron chi connectivity index (χ2n) is 6.60. The van der Waals surface area contributed by atoms with Gasteiger partial charge in [0.2, 0.25) is 0 Å². The van der Waals surface area contributed by atoms with E-state index < -0.39 is 0 Å². The fraction of sp³-hybridized carbons (Fsp3) is 0.526. The molecule has 0 unspecified atom stereocenters. The van der Waals surface area contributed by atoms with Crippen LogP contribution >= 0.6 is 0 Å².